The Balaban J connectivity index is 1.44. The maximum atomic E-state index is 13.0. The zero-order valence-corrected chi connectivity index (χ0v) is 20.1. The van der Waals surface area contributed by atoms with Crippen LogP contribution in [-0.2, 0) is 11.0 Å². The van der Waals surface area contributed by atoms with E-state index in [0.717, 1.165) is 26.8 Å². The molecule has 4 rings (SSSR count). The largest absolute Gasteiger partial charge is 0.489 e. The number of aromatic nitrogens is 2. The second-order valence-corrected chi connectivity index (χ2v) is 8.12. The van der Waals surface area contributed by atoms with Crippen LogP contribution >= 0.6 is 22.6 Å². The molecule has 0 radical (unpaired) electrons. The number of nitrogens with zero attached hydrogens (tertiary/aromatic N) is 2. The predicted molar refractivity (Wildman–Crippen MR) is 139 cm³/mol. The van der Waals surface area contributed by atoms with Crippen molar-refractivity contribution in [2.24, 2.45) is 10.7 Å². The summed E-state index contributed by atoms with van der Waals surface area (Å²) in [4.78, 5) is 16.5. The Labute approximate surface area is 209 Å². The fourth-order valence-corrected chi connectivity index (χ4v) is 3.63. The first kappa shape index (κ1) is 23.4. The molecule has 0 aliphatic rings. The van der Waals surface area contributed by atoms with Crippen molar-refractivity contribution in [3.05, 3.63) is 101 Å². The summed E-state index contributed by atoms with van der Waals surface area (Å²) in [7, 11) is 0. The second kappa shape index (κ2) is 10.9. The molecule has 0 spiro atoms. The van der Waals surface area contributed by atoms with Gasteiger partial charge in [-0.2, -0.15) is 5.10 Å². The van der Waals surface area contributed by atoms with Gasteiger partial charge in [-0.1, -0.05) is 46.9 Å². The lowest BCUT2D eigenvalue weighted by atomic mass is 10.2. The minimum absolute atomic E-state index is 0.176. The van der Waals surface area contributed by atoms with Crippen LogP contribution in [0.5, 0.6) is 5.75 Å². The van der Waals surface area contributed by atoms with Crippen LogP contribution in [0.15, 0.2) is 77.8 Å². The first-order valence-electron chi connectivity index (χ1n) is 10.3. The number of amides is 1. The normalized spacial score (nSPS) is 11.0. The minimum atomic E-state index is -0.641. The Morgan fingerprint density at radius 3 is 2.59 bits per heavy atom. The maximum absolute atomic E-state index is 13.0. The summed E-state index contributed by atoms with van der Waals surface area (Å²) in [6.45, 7) is 0.334. The number of alkyl halides is 1. The topological polar surface area (TPSA) is 105 Å². The van der Waals surface area contributed by atoms with Gasteiger partial charge in [0.25, 0.3) is 5.91 Å². The van der Waals surface area contributed by atoms with Crippen LogP contribution in [0.25, 0.3) is 0 Å². The molecule has 1 heterocycles. The van der Waals surface area contributed by atoms with Crippen LogP contribution in [0.1, 0.15) is 27.0 Å². The highest BCUT2D eigenvalue weighted by atomic mass is 127. The summed E-state index contributed by atoms with van der Waals surface area (Å²) in [6, 6.07) is 21.3. The van der Waals surface area contributed by atoms with E-state index in [1.165, 1.54) is 12.1 Å². The predicted octanol–water partition coefficient (Wildman–Crippen LogP) is 5.66. The Morgan fingerprint density at radius 1 is 1.12 bits per heavy atom. The number of aromatic amines is 1. The van der Waals surface area contributed by atoms with Crippen molar-refractivity contribution >= 4 is 52.0 Å². The molecule has 1 aromatic heterocycles. The number of anilines is 2. The van der Waals surface area contributed by atoms with E-state index < -0.39 is 5.91 Å². The van der Waals surface area contributed by atoms with Crippen LogP contribution in [0, 0.1) is 5.82 Å². The number of carbonyl (C=O) groups excluding carboxylic acids is 1. The molecule has 4 aromatic rings. The molecule has 0 aliphatic heterocycles. The van der Waals surface area contributed by atoms with E-state index in [0.29, 0.717) is 18.2 Å². The summed E-state index contributed by atoms with van der Waals surface area (Å²) in [5.74, 6) is 0.322. The van der Waals surface area contributed by atoms with Crippen LogP contribution in [0.4, 0.5) is 21.7 Å². The third-order valence-corrected chi connectivity index (χ3v) is 5.76. The molecule has 0 saturated heterocycles. The van der Waals surface area contributed by atoms with Crippen LogP contribution in [-0.4, -0.2) is 22.3 Å². The number of carbonyl (C=O) groups is 1. The average Bonchev–Trinajstić information content (AvgIpc) is 3.25. The average molecular weight is 569 g/mol. The molecule has 0 aliphatic carbocycles. The van der Waals surface area contributed by atoms with Gasteiger partial charge in [-0.3, -0.25) is 9.89 Å². The molecule has 0 fully saturated rings. The number of nitrogens with two attached hydrogens (primary N) is 1. The van der Waals surface area contributed by atoms with Gasteiger partial charge in [0.05, 0.1) is 0 Å². The lowest BCUT2D eigenvalue weighted by Crippen LogP contribution is -2.12. The molecule has 0 bridgehead atoms. The van der Waals surface area contributed by atoms with E-state index in [4.69, 9.17) is 10.5 Å². The Hall–Kier alpha value is -3.73. The quantitative estimate of drug-likeness (QED) is 0.138. The van der Waals surface area contributed by atoms with Crippen molar-refractivity contribution in [1.29, 1.82) is 0 Å². The molecule has 1 amide bonds. The molecule has 0 saturated carbocycles. The van der Waals surface area contributed by atoms with Crippen molar-refractivity contribution in [2.75, 3.05) is 5.32 Å². The number of halogens is 2. The molecule has 172 valence electrons. The summed E-state index contributed by atoms with van der Waals surface area (Å²) >= 11 is 2.29. The number of aliphatic imine (C=N–C) groups is 1. The molecule has 0 atom stereocenters. The number of ether oxygens (including phenoxy) is 1. The van der Waals surface area contributed by atoms with Crippen molar-refractivity contribution in [3.8, 4) is 5.75 Å². The van der Waals surface area contributed by atoms with Gasteiger partial charge in [0.15, 0.2) is 11.6 Å². The smallest absolute Gasteiger partial charge is 0.256 e. The molecule has 0 unspecified atom stereocenters. The Morgan fingerprint density at radius 2 is 1.88 bits per heavy atom. The van der Waals surface area contributed by atoms with Crippen molar-refractivity contribution < 1.29 is 13.9 Å². The lowest BCUT2D eigenvalue weighted by molar-refractivity contribution is 0.100. The summed E-state index contributed by atoms with van der Waals surface area (Å²) in [5.41, 5.74) is 9.38. The summed E-state index contributed by atoms with van der Waals surface area (Å²) in [6.07, 6.45) is 1.60. The molecule has 7 nitrogen and oxygen atoms in total. The number of primary amides is 1. The van der Waals surface area contributed by atoms with Gasteiger partial charge in [0, 0.05) is 16.3 Å². The molecule has 4 N–H and O–H groups in total. The van der Waals surface area contributed by atoms with Gasteiger partial charge in [0.2, 0.25) is 0 Å². The van der Waals surface area contributed by atoms with Gasteiger partial charge < -0.3 is 15.8 Å². The summed E-state index contributed by atoms with van der Waals surface area (Å²) in [5, 5.41) is 10.1. The Bertz CT molecular complexity index is 1300. The van der Waals surface area contributed by atoms with E-state index in [-0.39, 0.29) is 17.2 Å². The molecular formula is C25H21FIN5O2. The number of H-pyrrole nitrogens is 1. The number of hydrogen-bond donors (Lipinski definition) is 3. The molecule has 3 aromatic carbocycles. The van der Waals surface area contributed by atoms with Crippen LogP contribution in [0.3, 0.4) is 0 Å². The highest BCUT2D eigenvalue weighted by Gasteiger charge is 2.18. The standard InChI is InChI=1S/C25H21FIN5O2/c26-19-8-4-17(5-9-19)15-34-21-10-6-16(7-11-21)14-29-24-22(23(28)33)25(32-31-24)30-20-3-1-2-18(12-20)13-27/h1-12,14H,13,15H2,(H2,28,33)(H2,30,31,32)/b29-14+. The van der Waals surface area contributed by atoms with Crippen LogP contribution < -0.4 is 15.8 Å². The van der Waals surface area contributed by atoms with Crippen molar-refractivity contribution in [2.45, 2.75) is 11.0 Å². The van der Waals surface area contributed by atoms with Gasteiger partial charge in [-0.05, 0) is 65.2 Å². The zero-order valence-electron chi connectivity index (χ0n) is 18.0. The number of hydrogen-bond acceptors (Lipinski definition) is 5. The van der Waals surface area contributed by atoms with Gasteiger partial charge >= 0.3 is 0 Å². The fourth-order valence-electron chi connectivity index (χ4n) is 3.16. The third-order valence-electron chi connectivity index (χ3n) is 4.88. The van der Waals surface area contributed by atoms with Gasteiger partial charge in [0.1, 0.15) is 23.7 Å². The number of rotatable bonds is 9. The van der Waals surface area contributed by atoms with Crippen molar-refractivity contribution in [3.63, 3.8) is 0 Å². The van der Waals surface area contributed by atoms with Gasteiger partial charge in [-0.25, -0.2) is 9.38 Å². The fraction of sp³-hybridized carbons (Fsp3) is 0.0800. The number of benzene rings is 3. The molecular weight excluding hydrogens is 548 g/mol. The third kappa shape index (κ3) is 5.98. The first-order valence-corrected chi connectivity index (χ1v) is 11.9. The molecule has 9 heteroatoms. The second-order valence-electron chi connectivity index (χ2n) is 7.36. The highest BCUT2D eigenvalue weighted by molar-refractivity contribution is 14.1. The van der Waals surface area contributed by atoms with E-state index in [9.17, 15) is 9.18 Å². The SMILES string of the molecule is NC(=O)c1c(Nc2cccc(CI)c2)n[nH]c1/N=C/c1ccc(OCc2ccc(F)cc2)cc1. The Kier molecular flexibility index (Phi) is 7.53. The van der Waals surface area contributed by atoms with Crippen molar-refractivity contribution in [1.82, 2.24) is 10.2 Å². The molecule has 34 heavy (non-hydrogen) atoms. The number of nitrogens with one attached hydrogen (secondary N) is 2. The van der Waals surface area contributed by atoms with E-state index in [2.05, 4.69) is 43.1 Å². The minimum Gasteiger partial charge on any atom is -0.489 e. The van der Waals surface area contributed by atoms with E-state index >= 15 is 0 Å². The summed E-state index contributed by atoms with van der Waals surface area (Å²) < 4.78 is 19.6. The zero-order chi connectivity index (χ0) is 23.9. The first-order chi connectivity index (χ1) is 16.5. The maximum Gasteiger partial charge on any atom is 0.256 e. The van der Waals surface area contributed by atoms with E-state index in [1.54, 1.807) is 30.5 Å². The van der Waals surface area contributed by atoms with Crippen LogP contribution in [0.2, 0.25) is 0 Å². The lowest BCUT2D eigenvalue weighted by Gasteiger charge is -2.06. The monoisotopic (exact) mass is 569 g/mol. The van der Waals surface area contributed by atoms with E-state index in [1.807, 2.05) is 36.4 Å². The highest BCUT2D eigenvalue weighted by Crippen LogP contribution is 2.27. The van der Waals surface area contributed by atoms with Gasteiger partial charge in [-0.15, -0.1) is 0 Å².